The Balaban J connectivity index is 1.85. The van der Waals surface area contributed by atoms with Crippen LogP contribution in [0.4, 0.5) is 0 Å². The summed E-state index contributed by atoms with van der Waals surface area (Å²) in [5.74, 6) is 1.10. The van der Waals surface area contributed by atoms with Gasteiger partial charge >= 0.3 is 0 Å². The van der Waals surface area contributed by atoms with Gasteiger partial charge in [-0.15, -0.1) is 11.3 Å². The number of carbonyl (C=O) groups excluding carboxylic acids is 1. The maximum absolute atomic E-state index is 12.3. The number of halogens is 1. The van der Waals surface area contributed by atoms with Gasteiger partial charge in [0.2, 0.25) is 0 Å². The topological polar surface area (TPSA) is 54.6 Å². The first kappa shape index (κ1) is 15.8. The summed E-state index contributed by atoms with van der Waals surface area (Å²) in [6.07, 6.45) is 0. The third-order valence-corrected chi connectivity index (χ3v) is 5.07. The average molecular weight is 347 g/mol. The molecule has 0 unspecified atom stereocenters. The zero-order valence-corrected chi connectivity index (χ0v) is 14.5. The number of aryl methyl sites for hydroxylation is 2. The van der Waals surface area contributed by atoms with E-state index >= 15 is 0 Å². The van der Waals surface area contributed by atoms with Gasteiger partial charge in [0.15, 0.2) is 0 Å². The molecular formula is C17H15ClN2O2S. The molecule has 0 radical (unpaired) electrons. The smallest absolute Gasteiger partial charge is 0.283 e. The van der Waals surface area contributed by atoms with Crippen LogP contribution in [0.25, 0.3) is 10.1 Å². The van der Waals surface area contributed by atoms with E-state index in [0.717, 1.165) is 21.4 Å². The lowest BCUT2D eigenvalue weighted by Crippen LogP contribution is -2.18. The van der Waals surface area contributed by atoms with Gasteiger partial charge in [0.05, 0.1) is 5.02 Å². The normalized spacial score (nSPS) is 11.9. The van der Waals surface area contributed by atoms with E-state index in [0.29, 0.717) is 21.4 Å². The van der Waals surface area contributed by atoms with Crippen molar-refractivity contribution in [1.82, 2.24) is 5.43 Å². The van der Waals surface area contributed by atoms with E-state index in [1.165, 1.54) is 11.3 Å². The second-order valence-electron chi connectivity index (χ2n) is 5.29. The van der Waals surface area contributed by atoms with Gasteiger partial charge < -0.3 is 4.42 Å². The van der Waals surface area contributed by atoms with E-state index in [1.54, 1.807) is 6.92 Å². The minimum atomic E-state index is -0.323. The van der Waals surface area contributed by atoms with Crippen LogP contribution < -0.4 is 5.43 Å². The van der Waals surface area contributed by atoms with Crippen LogP contribution in [0.1, 0.15) is 33.7 Å². The van der Waals surface area contributed by atoms with Crippen LogP contribution in [0, 0.1) is 13.8 Å². The first-order valence-corrected chi connectivity index (χ1v) is 8.25. The van der Waals surface area contributed by atoms with Crippen LogP contribution in [0.5, 0.6) is 0 Å². The lowest BCUT2D eigenvalue weighted by atomic mass is 10.2. The molecule has 2 aromatic heterocycles. The van der Waals surface area contributed by atoms with Crippen molar-refractivity contribution in [2.24, 2.45) is 5.10 Å². The van der Waals surface area contributed by atoms with E-state index in [-0.39, 0.29) is 5.91 Å². The Morgan fingerprint density at radius 1 is 1.26 bits per heavy atom. The quantitative estimate of drug-likeness (QED) is 0.540. The SMILES string of the molecule is C/C(=N\NC(=O)c1sc2cc(C)ccc2c1Cl)c1ccc(C)o1. The maximum Gasteiger partial charge on any atom is 0.283 e. The third kappa shape index (κ3) is 3.16. The predicted octanol–water partition coefficient (Wildman–Crippen LogP) is 4.92. The predicted molar refractivity (Wildman–Crippen MR) is 94.7 cm³/mol. The molecule has 3 aromatic rings. The second kappa shape index (κ2) is 6.18. The first-order chi connectivity index (χ1) is 11.0. The Kier molecular flexibility index (Phi) is 4.24. The van der Waals surface area contributed by atoms with E-state index in [9.17, 15) is 4.79 Å². The Labute approximate surface area is 142 Å². The maximum atomic E-state index is 12.3. The Bertz CT molecular complexity index is 924. The molecule has 0 spiro atoms. The van der Waals surface area contributed by atoms with Crippen molar-refractivity contribution in [3.8, 4) is 0 Å². The number of rotatable bonds is 3. The van der Waals surface area contributed by atoms with Crippen molar-refractivity contribution in [2.45, 2.75) is 20.8 Å². The standard InChI is InChI=1S/C17H15ClN2O2S/c1-9-4-6-12-14(8-9)23-16(15(12)18)17(21)20-19-11(3)13-7-5-10(2)22-13/h4-8H,1-3H3,(H,20,21)/b19-11+. The number of carbonyl (C=O) groups is 1. The summed E-state index contributed by atoms with van der Waals surface area (Å²) >= 11 is 7.68. The molecule has 0 saturated heterocycles. The highest BCUT2D eigenvalue weighted by molar-refractivity contribution is 7.21. The number of nitrogens with one attached hydrogen (secondary N) is 1. The van der Waals surface area contributed by atoms with Crippen molar-refractivity contribution in [1.29, 1.82) is 0 Å². The lowest BCUT2D eigenvalue weighted by Gasteiger charge is -1.99. The number of furan rings is 1. The molecule has 0 bridgehead atoms. The average Bonchev–Trinajstić information content (AvgIpc) is 3.08. The molecule has 4 nitrogen and oxygen atoms in total. The fraction of sp³-hybridized carbons (Fsp3) is 0.176. The van der Waals surface area contributed by atoms with Gasteiger partial charge in [0.25, 0.3) is 5.91 Å². The van der Waals surface area contributed by atoms with Gasteiger partial charge in [-0.05, 0) is 44.5 Å². The number of hydrogen-bond acceptors (Lipinski definition) is 4. The van der Waals surface area contributed by atoms with Crippen molar-refractivity contribution < 1.29 is 9.21 Å². The summed E-state index contributed by atoms with van der Waals surface area (Å²) in [4.78, 5) is 12.8. The van der Waals surface area contributed by atoms with Gasteiger partial charge in [-0.25, -0.2) is 5.43 Å². The highest BCUT2D eigenvalue weighted by Gasteiger charge is 2.17. The van der Waals surface area contributed by atoms with Gasteiger partial charge in [-0.3, -0.25) is 4.79 Å². The minimum Gasteiger partial charge on any atom is -0.460 e. The molecule has 118 valence electrons. The number of benzene rings is 1. The lowest BCUT2D eigenvalue weighted by molar-refractivity contribution is 0.0959. The van der Waals surface area contributed by atoms with Crippen LogP contribution >= 0.6 is 22.9 Å². The van der Waals surface area contributed by atoms with Crippen LogP contribution in [0.2, 0.25) is 5.02 Å². The number of fused-ring (bicyclic) bond motifs is 1. The van der Waals surface area contributed by atoms with Crippen LogP contribution in [-0.4, -0.2) is 11.6 Å². The van der Waals surface area contributed by atoms with E-state index in [4.69, 9.17) is 16.0 Å². The van der Waals surface area contributed by atoms with Crippen molar-refractivity contribution in [3.05, 3.63) is 57.3 Å². The van der Waals surface area contributed by atoms with Gasteiger partial charge in [-0.1, -0.05) is 23.7 Å². The van der Waals surface area contributed by atoms with E-state index in [2.05, 4.69) is 10.5 Å². The molecular weight excluding hydrogens is 332 g/mol. The molecule has 1 aromatic carbocycles. The molecule has 0 aliphatic heterocycles. The number of amides is 1. The molecule has 0 aliphatic rings. The summed E-state index contributed by atoms with van der Waals surface area (Å²) in [5, 5.41) is 5.43. The molecule has 0 saturated carbocycles. The summed E-state index contributed by atoms with van der Waals surface area (Å²) in [7, 11) is 0. The minimum absolute atomic E-state index is 0.323. The third-order valence-electron chi connectivity index (χ3n) is 3.41. The summed E-state index contributed by atoms with van der Waals surface area (Å²) in [5.41, 5.74) is 4.26. The zero-order valence-electron chi connectivity index (χ0n) is 12.9. The van der Waals surface area contributed by atoms with Gasteiger partial charge in [-0.2, -0.15) is 5.10 Å². The Hall–Kier alpha value is -2.11. The highest BCUT2D eigenvalue weighted by Crippen LogP contribution is 2.35. The van der Waals surface area contributed by atoms with Gasteiger partial charge in [0, 0.05) is 10.1 Å². The number of hydrazone groups is 1. The van der Waals surface area contributed by atoms with Crippen LogP contribution in [-0.2, 0) is 0 Å². The molecule has 0 aliphatic carbocycles. The monoisotopic (exact) mass is 346 g/mol. The number of hydrogen-bond donors (Lipinski definition) is 1. The van der Waals surface area contributed by atoms with Crippen LogP contribution in [0.15, 0.2) is 39.9 Å². The molecule has 2 heterocycles. The van der Waals surface area contributed by atoms with E-state index in [1.807, 2.05) is 44.2 Å². The van der Waals surface area contributed by atoms with Crippen molar-refractivity contribution >= 4 is 44.6 Å². The number of nitrogens with zero attached hydrogens (tertiary/aromatic N) is 1. The fourth-order valence-electron chi connectivity index (χ4n) is 2.19. The second-order valence-corrected chi connectivity index (χ2v) is 6.72. The summed E-state index contributed by atoms with van der Waals surface area (Å²) in [6.45, 7) is 5.63. The molecule has 23 heavy (non-hydrogen) atoms. The Morgan fingerprint density at radius 2 is 2.04 bits per heavy atom. The molecule has 0 atom stereocenters. The highest BCUT2D eigenvalue weighted by atomic mass is 35.5. The largest absolute Gasteiger partial charge is 0.460 e. The fourth-order valence-corrected chi connectivity index (χ4v) is 3.69. The Morgan fingerprint density at radius 3 is 2.74 bits per heavy atom. The first-order valence-electron chi connectivity index (χ1n) is 7.06. The zero-order chi connectivity index (χ0) is 16.6. The molecule has 3 rings (SSSR count). The molecule has 0 fully saturated rings. The molecule has 1 amide bonds. The summed E-state index contributed by atoms with van der Waals surface area (Å²) in [6, 6.07) is 9.59. The van der Waals surface area contributed by atoms with E-state index < -0.39 is 0 Å². The summed E-state index contributed by atoms with van der Waals surface area (Å²) < 4.78 is 6.45. The van der Waals surface area contributed by atoms with Crippen molar-refractivity contribution in [3.63, 3.8) is 0 Å². The van der Waals surface area contributed by atoms with Crippen molar-refractivity contribution in [2.75, 3.05) is 0 Å². The number of thiophene rings is 1. The molecule has 6 heteroatoms. The van der Waals surface area contributed by atoms with Gasteiger partial charge in [0.1, 0.15) is 22.1 Å². The van der Waals surface area contributed by atoms with Crippen LogP contribution in [0.3, 0.4) is 0 Å². The molecule has 1 N–H and O–H groups in total.